The second-order valence-corrected chi connectivity index (χ2v) is 9.01. The lowest BCUT2D eigenvalue weighted by atomic mass is 10.00. The standard InChI is InChI=1S/C24H24O11/c1-9-17(29)21-22(35-24(2,3)34-21)23(31-9)33-20-18(30)16-14(28)7-11(25)8-15(16)32-19(20)10-4-5-12(26)13(27)6-10/h4-9,17,21-23,25-29H,1-3H3. The summed E-state index contributed by atoms with van der Waals surface area (Å²) in [6, 6.07) is 5.86. The van der Waals surface area contributed by atoms with Crippen LogP contribution in [0.1, 0.15) is 20.8 Å². The van der Waals surface area contributed by atoms with Crippen LogP contribution in [-0.2, 0) is 14.2 Å². The van der Waals surface area contributed by atoms with Crippen molar-refractivity contribution in [2.45, 2.75) is 57.3 Å². The Balaban J connectivity index is 1.68. The fourth-order valence-corrected chi connectivity index (χ4v) is 4.37. The zero-order chi connectivity index (χ0) is 25.2. The molecule has 5 rings (SSSR count). The highest BCUT2D eigenvalue weighted by Gasteiger charge is 2.55. The lowest BCUT2D eigenvalue weighted by Gasteiger charge is -2.38. The van der Waals surface area contributed by atoms with Crippen molar-refractivity contribution < 1.29 is 48.9 Å². The number of hydrogen-bond acceptors (Lipinski definition) is 11. The zero-order valence-electron chi connectivity index (χ0n) is 19.0. The van der Waals surface area contributed by atoms with Crippen molar-refractivity contribution in [3.8, 4) is 40.1 Å². The van der Waals surface area contributed by atoms with E-state index < -0.39 is 59.2 Å². The minimum Gasteiger partial charge on any atom is -0.508 e. The number of ether oxygens (including phenoxy) is 4. The number of rotatable bonds is 3. The van der Waals surface area contributed by atoms with E-state index >= 15 is 0 Å². The first-order valence-corrected chi connectivity index (χ1v) is 10.9. The van der Waals surface area contributed by atoms with E-state index in [9.17, 15) is 30.3 Å². The molecule has 0 bridgehead atoms. The average molecular weight is 488 g/mol. The van der Waals surface area contributed by atoms with Crippen molar-refractivity contribution in [3.63, 3.8) is 0 Å². The van der Waals surface area contributed by atoms with Crippen LogP contribution in [0, 0.1) is 0 Å². The SMILES string of the molecule is CC1OC(Oc2c(-c3ccc(O)c(O)c3)oc3cc(O)cc(O)c3c2=O)C2OC(C)(C)OC2C1O. The predicted molar refractivity (Wildman–Crippen MR) is 119 cm³/mol. The van der Waals surface area contributed by atoms with Gasteiger partial charge in [0, 0.05) is 17.7 Å². The molecule has 2 saturated heterocycles. The molecule has 0 aliphatic carbocycles. The fraction of sp³-hybridized carbons (Fsp3) is 0.375. The second-order valence-electron chi connectivity index (χ2n) is 9.01. The van der Waals surface area contributed by atoms with Crippen LogP contribution in [0.4, 0.5) is 0 Å². The molecule has 186 valence electrons. The van der Waals surface area contributed by atoms with E-state index in [1.807, 2.05) is 0 Å². The van der Waals surface area contributed by atoms with E-state index in [1.54, 1.807) is 20.8 Å². The number of fused-ring (bicyclic) bond motifs is 2. The van der Waals surface area contributed by atoms with Gasteiger partial charge in [0.1, 0.15) is 34.7 Å². The summed E-state index contributed by atoms with van der Waals surface area (Å²) in [5, 5.41) is 50.2. The van der Waals surface area contributed by atoms with Gasteiger partial charge in [0.25, 0.3) is 0 Å². The van der Waals surface area contributed by atoms with Crippen molar-refractivity contribution in [2.24, 2.45) is 0 Å². The van der Waals surface area contributed by atoms with Crippen molar-refractivity contribution in [1.82, 2.24) is 0 Å². The minimum atomic E-state index is -1.22. The maximum Gasteiger partial charge on any atom is 0.239 e. The Morgan fingerprint density at radius 1 is 0.943 bits per heavy atom. The van der Waals surface area contributed by atoms with Gasteiger partial charge in [-0.25, -0.2) is 0 Å². The third kappa shape index (κ3) is 3.92. The van der Waals surface area contributed by atoms with Crippen LogP contribution in [0.2, 0.25) is 0 Å². The molecular weight excluding hydrogens is 464 g/mol. The van der Waals surface area contributed by atoms with Gasteiger partial charge in [-0.1, -0.05) is 0 Å². The summed E-state index contributed by atoms with van der Waals surface area (Å²) in [5.41, 5.74) is -0.778. The molecule has 5 unspecified atom stereocenters. The van der Waals surface area contributed by atoms with Gasteiger partial charge in [-0.3, -0.25) is 4.79 Å². The molecule has 11 nitrogen and oxygen atoms in total. The first-order chi connectivity index (χ1) is 16.4. The van der Waals surface area contributed by atoms with Crippen LogP contribution in [-0.4, -0.2) is 62.0 Å². The van der Waals surface area contributed by atoms with Gasteiger partial charge in [0.2, 0.25) is 17.5 Å². The number of benzene rings is 2. The Hall–Kier alpha value is -3.51. The molecule has 0 saturated carbocycles. The molecule has 5 N–H and O–H groups in total. The Kier molecular flexibility index (Phi) is 5.33. The van der Waals surface area contributed by atoms with Crippen molar-refractivity contribution in [3.05, 3.63) is 40.6 Å². The molecule has 0 spiro atoms. The van der Waals surface area contributed by atoms with Gasteiger partial charge in [0.05, 0.1) is 6.10 Å². The molecule has 35 heavy (non-hydrogen) atoms. The number of hydrogen-bond donors (Lipinski definition) is 5. The minimum absolute atomic E-state index is 0.143. The van der Waals surface area contributed by atoms with Crippen LogP contribution in [0.5, 0.6) is 28.7 Å². The lowest BCUT2D eigenvalue weighted by molar-refractivity contribution is -0.241. The summed E-state index contributed by atoms with van der Waals surface area (Å²) in [6.07, 6.45) is -4.70. The largest absolute Gasteiger partial charge is 0.508 e. The van der Waals surface area contributed by atoms with E-state index in [0.717, 1.165) is 18.2 Å². The summed E-state index contributed by atoms with van der Waals surface area (Å²) >= 11 is 0. The van der Waals surface area contributed by atoms with Gasteiger partial charge in [-0.15, -0.1) is 0 Å². The fourth-order valence-electron chi connectivity index (χ4n) is 4.37. The molecule has 0 amide bonds. The maximum absolute atomic E-state index is 13.5. The van der Waals surface area contributed by atoms with Gasteiger partial charge in [-0.05, 0) is 39.0 Å². The van der Waals surface area contributed by atoms with Gasteiger partial charge < -0.3 is 48.9 Å². The summed E-state index contributed by atoms with van der Waals surface area (Å²) in [6.45, 7) is 4.95. The molecule has 3 heterocycles. The lowest BCUT2D eigenvalue weighted by Crippen LogP contribution is -2.57. The van der Waals surface area contributed by atoms with E-state index in [4.69, 9.17) is 23.4 Å². The number of aromatic hydroxyl groups is 4. The molecule has 5 atom stereocenters. The van der Waals surface area contributed by atoms with Gasteiger partial charge in [-0.2, -0.15) is 0 Å². The molecule has 1 aromatic heterocycles. The first-order valence-electron chi connectivity index (χ1n) is 10.9. The quantitative estimate of drug-likeness (QED) is 0.343. The maximum atomic E-state index is 13.5. The second kappa shape index (κ2) is 8.02. The van der Waals surface area contributed by atoms with Crippen LogP contribution >= 0.6 is 0 Å². The molecule has 2 aliphatic rings. The topological polar surface area (TPSA) is 168 Å². The van der Waals surface area contributed by atoms with E-state index in [0.29, 0.717) is 0 Å². The highest BCUT2D eigenvalue weighted by Crippen LogP contribution is 2.42. The molecular formula is C24H24O11. The Bertz CT molecular complexity index is 1360. The normalized spacial score (nSPS) is 27.6. The van der Waals surface area contributed by atoms with Gasteiger partial charge >= 0.3 is 0 Å². The van der Waals surface area contributed by atoms with Crippen molar-refractivity contribution >= 4 is 11.0 Å². The number of phenolic OH excluding ortho intramolecular Hbond substituents is 4. The third-order valence-corrected chi connectivity index (χ3v) is 5.99. The molecule has 2 aliphatic heterocycles. The van der Waals surface area contributed by atoms with Crippen molar-refractivity contribution in [1.29, 1.82) is 0 Å². The van der Waals surface area contributed by atoms with E-state index in [2.05, 4.69) is 0 Å². The predicted octanol–water partition coefficient (Wildman–Crippen LogP) is 2.29. The van der Waals surface area contributed by atoms with Crippen LogP contribution in [0.15, 0.2) is 39.5 Å². The smallest absolute Gasteiger partial charge is 0.239 e. The number of aliphatic hydroxyl groups excluding tert-OH is 1. The summed E-state index contributed by atoms with van der Waals surface area (Å²) in [5.74, 6) is -3.35. The van der Waals surface area contributed by atoms with Crippen LogP contribution < -0.4 is 10.2 Å². The summed E-state index contributed by atoms with van der Waals surface area (Å²) in [4.78, 5) is 13.5. The highest BCUT2D eigenvalue weighted by molar-refractivity contribution is 5.88. The van der Waals surface area contributed by atoms with E-state index in [1.165, 1.54) is 12.1 Å². The number of phenols is 4. The molecule has 0 radical (unpaired) electrons. The summed E-state index contributed by atoms with van der Waals surface area (Å²) in [7, 11) is 0. The zero-order valence-corrected chi connectivity index (χ0v) is 19.0. The monoisotopic (exact) mass is 488 g/mol. The average Bonchev–Trinajstić information content (AvgIpc) is 3.10. The Morgan fingerprint density at radius 2 is 1.66 bits per heavy atom. The highest BCUT2D eigenvalue weighted by atomic mass is 16.8. The molecule has 3 aromatic rings. The van der Waals surface area contributed by atoms with Crippen LogP contribution in [0.3, 0.4) is 0 Å². The molecule has 11 heteroatoms. The van der Waals surface area contributed by atoms with Crippen molar-refractivity contribution in [2.75, 3.05) is 0 Å². The third-order valence-electron chi connectivity index (χ3n) is 5.99. The first kappa shape index (κ1) is 23.2. The van der Waals surface area contributed by atoms with Gasteiger partial charge in [0.15, 0.2) is 29.2 Å². The molecule has 2 aromatic carbocycles. The summed E-state index contributed by atoms with van der Waals surface area (Å²) < 4.78 is 29.4. The van der Waals surface area contributed by atoms with E-state index in [-0.39, 0.29) is 33.8 Å². The number of aliphatic hydroxyl groups is 1. The van der Waals surface area contributed by atoms with Crippen LogP contribution in [0.25, 0.3) is 22.3 Å². The Morgan fingerprint density at radius 3 is 2.37 bits per heavy atom. The molecule has 2 fully saturated rings. The Labute approximate surface area is 198 Å².